The summed E-state index contributed by atoms with van der Waals surface area (Å²) in [5.74, 6) is 1.58. The molecule has 1 aliphatic rings. The maximum atomic E-state index is 5.91. The van der Waals surface area contributed by atoms with Crippen molar-refractivity contribution in [1.29, 1.82) is 0 Å². The Kier molecular flexibility index (Phi) is 5.49. The van der Waals surface area contributed by atoms with Crippen LogP contribution in [0.1, 0.15) is 40.0 Å². The third-order valence-electron chi connectivity index (χ3n) is 3.39. The zero-order valence-corrected chi connectivity index (χ0v) is 9.88. The van der Waals surface area contributed by atoms with E-state index in [1.165, 1.54) is 19.4 Å². The quantitative estimate of drug-likeness (QED) is 0.734. The van der Waals surface area contributed by atoms with Crippen LogP contribution in [0.2, 0.25) is 0 Å². The standard InChI is InChI=1S/C12H25NO/c1-4-8-14-12-9-13-7-6-11(12)10(3)5-2/h10-13H,4-9H2,1-3H3. The van der Waals surface area contributed by atoms with E-state index in [9.17, 15) is 0 Å². The van der Waals surface area contributed by atoms with Gasteiger partial charge in [-0.2, -0.15) is 0 Å². The molecule has 0 aromatic carbocycles. The largest absolute Gasteiger partial charge is 0.377 e. The SMILES string of the molecule is CCCOC1CNCCC1C(C)CC. The van der Waals surface area contributed by atoms with E-state index in [-0.39, 0.29) is 0 Å². The highest BCUT2D eigenvalue weighted by Gasteiger charge is 2.28. The van der Waals surface area contributed by atoms with Gasteiger partial charge in [-0.25, -0.2) is 0 Å². The lowest BCUT2D eigenvalue weighted by molar-refractivity contribution is -0.0196. The second kappa shape index (κ2) is 6.41. The van der Waals surface area contributed by atoms with E-state index in [0.29, 0.717) is 6.10 Å². The highest BCUT2D eigenvalue weighted by atomic mass is 16.5. The minimum atomic E-state index is 0.457. The molecule has 1 fully saturated rings. The number of rotatable bonds is 5. The number of hydrogen-bond donors (Lipinski definition) is 1. The minimum absolute atomic E-state index is 0.457. The highest BCUT2D eigenvalue weighted by molar-refractivity contribution is 4.81. The fraction of sp³-hybridized carbons (Fsp3) is 1.00. The summed E-state index contributed by atoms with van der Waals surface area (Å²) in [7, 11) is 0. The molecule has 1 rings (SSSR count). The molecule has 0 radical (unpaired) electrons. The van der Waals surface area contributed by atoms with Gasteiger partial charge in [0.25, 0.3) is 0 Å². The summed E-state index contributed by atoms with van der Waals surface area (Å²) < 4.78 is 5.91. The highest BCUT2D eigenvalue weighted by Crippen LogP contribution is 2.26. The van der Waals surface area contributed by atoms with Crippen LogP contribution in [0.4, 0.5) is 0 Å². The second-order valence-electron chi connectivity index (χ2n) is 4.45. The van der Waals surface area contributed by atoms with Crippen LogP contribution in [0.15, 0.2) is 0 Å². The Bertz CT molecular complexity index is 149. The summed E-state index contributed by atoms with van der Waals surface area (Å²) in [4.78, 5) is 0. The zero-order valence-electron chi connectivity index (χ0n) is 9.88. The van der Waals surface area contributed by atoms with E-state index >= 15 is 0 Å². The van der Waals surface area contributed by atoms with Crippen molar-refractivity contribution in [3.05, 3.63) is 0 Å². The van der Waals surface area contributed by atoms with E-state index in [1.807, 2.05) is 0 Å². The van der Waals surface area contributed by atoms with E-state index < -0.39 is 0 Å². The van der Waals surface area contributed by atoms with Gasteiger partial charge in [0.2, 0.25) is 0 Å². The average Bonchev–Trinajstić information content (AvgIpc) is 2.25. The molecule has 0 amide bonds. The molecule has 1 saturated heterocycles. The average molecular weight is 199 g/mol. The summed E-state index contributed by atoms with van der Waals surface area (Å²) in [5.41, 5.74) is 0. The summed E-state index contributed by atoms with van der Waals surface area (Å²) in [6.07, 6.45) is 4.14. The van der Waals surface area contributed by atoms with Crippen molar-refractivity contribution in [1.82, 2.24) is 5.32 Å². The fourth-order valence-corrected chi connectivity index (χ4v) is 2.26. The summed E-state index contributed by atoms with van der Waals surface area (Å²) in [6, 6.07) is 0. The maximum absolute atomic E-state index is 5.91. The zero-order chi connectivity index (χ0) is 10.4. The van der Waals surface area contributed by atoms with Gasteiger partial charge in [0.1, 0.15) is 0 Å². The number of nitrogens with one attached hydrogen (secondary N) is 1. The van der Waals surface area contributed by atoms with E-state index in [1.54, 1.807) is 0 Å². The van der Waals surface area contributed by atoms with Gasteiger partial charge in [0, 0.05) is 13.2 Å². The summed E-state index contributed by atoms with van der Waals surface area (Å²) >= 11 is 0. The van der Waals surface area contributed by atoms with Gasteiger partial charge >= 0.3 is 0 Å². The Hall–Kier alpha value is -0.0800. The van der Waals surface area contributed by atoms with Gasteiger partial charge < -0.3 is 10.1 Å². The molecule has 0 aromatic heterocycles. The summed E-state index contributed by atoms with van der Waals surface area (Å²) in [5, 5.41) is 3.43. The number of piperidine rings is 1. The fourth-order valence-electron chi connectivity index (χ4n) is 2.26. The van der Waals surface area contributed by atoms with Crippen molar-refractivity contribution in [2.45, 2.75) is 46.1 Å². The molecule has 0 saturated carbocycles. The molecule has 0 aliphatic carbocycles. The normalized spacial score (nSPS) is 30.2. The Labute approximate surface area is 88.4 Å². The molecule has 0 aromatic rings. The first-order valence-corrected chi connectivity index (χ1v) is 6.11. The first-order chi connectivity index (χ1) is 6.79. The molecule has 3 atom stereocenters. The van der Waals surface area contributed by atoms with Crippen molar-refractivity contribution >= 4 is 0 Å². The van der Waals surface area contributed by atoms with Crippen molar-refractivity contribution in [2.24, 2.45) is 11.8 Å². The molecule has 0 bridgehead atoms. The van der Waals surface area contributed by atoms with Gasteiger partial charge in [-0.05, 0) is 31.2 Å². The lowest BCUT2D eigenvalue weighted by Crippen LogP contribution is -2.44. The molecule has 3 unspecified atom stereocenters. The smallest absolute Gasteiger partial charge is 0.0730 e. The van der Waals surface area contributed by atoms with Gasteiger partial charge in [-0.15, -0.1) is 0 Å². The molecule has 1 aliphatic heterocycles. The van der Waals surface area contributed by atoms with Crippen molar-refractivity contribution in [3.63, 3.8) is 0 Å². The second-order valence-corrected chi connectivity index (χ2v) is 4.45. The Morgan fingerprint density at radius 1 is 1.43 bits per heavy atom. The van der Waals surface area contributed by atoms with Gasteiger partial charge in [-0.1, -0.05) is 27.2 Å². The van der Waals surface area contributed by atoms with Crippen molar-refractivity contribution < 1.29 is 4.74 Å². The van der Waals surface area contributed by atoms with Crippen LogP contribution in [0.25, 0.3) is 0 Å². The topological polar surface area (TPSA) is 21.3 Å². The predicted octanol–water partition coefficient (Wildman–Crippen LogP) is 2.44. The predicted molar refractivity (Wildman–Crippen MR) is 60.5 cm³/mol. The van der Waals surface area contributed by atoms with Crippen LogP contribution in [0, 0.1) is 11.8 Å². The monoisotopic (exact) mass is 199 g/mol. The molecule has 1 heterocycles. The molecule has 14 heavy (non-hydrogen) atoms. The van der Waals surface area contributed by atoms with E-state index in [4.69, 9.17) is 4.74 Å². The van der Waals surface area contributed by atoms with Crippen LogP contribution < -0.4 is 5.32 Å². The van der Waals surface area contributed by atoms with Crippen LogP contribution in [0.3, 0.4) is 0 Å². The van der Waals surface area contributed by atoms with Crippen molar-refractivity contribution in [2.75, 3.05) is 19.7 Å². The maximum Gasteiger partial charge on any atom is 0.0730 e. The number of ether oxygens (including phenoxy) is 1. The molecule has 0 spiro atoms. The Balaban J connectivity index is 2.41. The Morgan fingerprint density at radius 3 is 2.86 bits per heavy atom. The minimum Gasteiger partial charge on any atom is -0.377 e. The van der Waals surface area contributed by atoms with Gasteiger partial charge in [-0.3, -0.25) is 0 Å². The van der Waals surface area contributed by atoms with Crippen LogP contribution >= 0.6 is 0 Å². The molecule has 2 nitrogen and oxygen atoms in total. The first-order valence-electron chi connectivity index (χ1n) is 6.11. The first kappa shape index (κ1) is 12.0. The molecular weight excluding hydrogens is 174 g/mol. The summed E-state index contributed by atoms with van der Waals surface area (Å²) in [6.45, 7) is 9.95. The van der Waals surface area contributed by atoms with Crippen LogP contribution in [0.5, 0.6) is 0 Å². The van der Waals surface area contributed by atoms with Crippen LogP contribution in [-0.4, -0.2) is 25.8 Å². The third kappa shape index (κ3) is 3.25. The van der Waals surface area contributed by atoms with Crippen LogP contribution in [-0.2, 0) is 4.74 Å². The molecule has 1 N–H and O–H groups in total. The lowest BCUT2D eigenvalue weighted by Gasteiger charge is -2.35. The van der Waals surface area contributed by atoms with Gasteiger partial charge in [0.15, 0.2) is 0 Å². The van der Waals surface area contributed by atoms with Crippen molar-refractivity contribution in [3.8, 4) is 0 Å². The number of hydrogen-bond acceptors (Lipinski definition) is 2. The molecular formula is C12H25NO. The molecule has 84 valence electrons. The Morgan fingerprint density at radius 2 is 2.21 bits per heavy atom. The van der Waals surface area contributed by atoms with Gasteiger partial charge in [0.05, 0.1) is 6.10 Å². The molecule has 2 heteroatoms. The third-order valence-corrected chi connectivity index (χ3v) is 3.39. The van der Waals surface area contributed by atoms with E-state index in [2.05, 4.69) is 26.1 Å². The van der Waals surface area contributed by atoms with E-state index in [0.717, 1.165) is 31.4 Å². The lowest BCUT2D eigenvalue weighted by atomic mass is 9.82.